The van der Waals surface area contributed by atoms with Crippen molar-refractivity contribution in [3.63, 3.8) is 0 Å². The molecule has 0 radical (unpaired) electrons. The summed E-state index contributed by atoms with van der Waals surface area (Å²) in [4.78, 5) is 55.3. The monoisotopic (exact) mass is 459 g/mol. The van der Waals surface area contributed by atoms with Crippen LogP contribution in [0, 0.1) is 5.92 Å². The Hall–Kier alpha value is -3.63. The Morgan fingerprint density at radius 2 is 1.70 bits per heavy atom. The number of hydrogen-bond donors (Lipinski definition) is 2. The van der Waals surface area contributed by atoms with Crippen LogP contribution in [0.1, 0.15) is 24.8 Å². The van der Waals surface area contributed by atoms with Crippen LogP contribution in [0.15, 0.2) is 35.3 Å². The summed E-state index contributed by atoms with van der Waals surface area (Å²) in [5.41, 5.74) is 6.84. The lowest BCUT2D eigenvalue weighted by atomic mass is 9.93. The number of carbonyl (C=O) groups excluding carboxylic acids is 3. The summed E-state index contributed by atoms with van der Waals surface area (Å²) in [7, 11) is 0. The first kappa shape index (κ1) is 24.0. The second-order valence-electron chi connectivity index (χ2n) is 8.19. The number of amides is 3. The van der Waals surface area contributed by atoms with Crippen LogP contribution in [-0.4, -0.2) is 88.9 Å². The van der Waals surface area contributed by atoms with Crippen molar-refractivity contribution >= 4 is 29.8 Å². The van der Waals surface area contributed by atoms with Crippen molar-refractivity contribution in [1.29, 1.82) is 0 Å². The minimum absolute atomic E-state index is 0.0876. The minimum atomic E-state index is -1.14. The van der Waals surface area contributed by atoms with Gasteiger partial charge >= 0.3 is 12.1 Å². The molecule has 2 heterocycles. The van der Waals surface area contributed by atoms with E-state index in [-0.39, 0.29) is 37.5 Å². The third kappa shape index (κ3) is 7.19. The largest absolute Gasteiger partial charge is 0.480 e. The molecule has 1 aromatic carbocycles. The van der Waals surface area contributed by atoms with E-state index >= 15 is 0 Å². The number of benzene rings is 1. The number of nitrogens with zero attached hydrogens (tertiary/aromatic N) is 4. The van der Waals surface area contributed by atoms with Crippen molar-refractivity contribution in [2.45, 2.75) is 25.9 Å². The lowest BCUT2D eigenvalue weighted by Crippen LogP contribution is -2.55. The van der Waals surface area contributed by atoms with Crippen LogP contribution in [0.3, 0.4) is 0 Å². The Morgan fingerprint density at radius 3 is 2.36 bits per heavy atom. The molecule has 3 rings (SSSR count). The summed E-state index contributed by atoms with van der Waals surface area (Å²) >= 11 is 0. The highest BCUT2D eigenvalue weighted by molar-refractivity contribution is 5.94. The van der Waals surface area contributed by atoms with Gasteiger partial charge in [-0.15, -0.1) is 4.99 Å². The lowest BCUT2D eigenvalue weighted by Gasteiger charge is -2.36. The molecule has 2 fully saturated rings. The first-order valence-corrected chi connectivity index (χ1v) is 10.9. The van der Waals surface area contributed by atoms with Gasteiger partial charge in [-0.3, -0.25) is 14.4 Å². The average molecular weight is 460 g/mol. The fourth-order valence-electron chi connectivity index (χ4n) is 3.92. The lowest BCUT2D eigenvalue weighted by molar-refractivity contribution is -0.154. The second-order valence-corrected chi connectivity index (χ2v) is 8.19. The number of rotatable bonds is 7. The van der Waals surface area contributed by atoms with Crippen LogP contribution in [0.4, 0.5) is 4.79 Å². The Kier molecular flexibility index (Phi) is 8.22. The van der Waals surface area contributed by atoms with Crippen molar-refractivity contribution in [1.82, 2.24) is 14.7 Å². The number of piperazine rings is 1. The standard InChI is InChI=1S/C22H29N5O6/c23-21(24-22(32)33-15-17-4-2-1-3-5-17)25-9-6-16(7-10-25)8-11-26-12-19(29)27(13-18(26)28)14-20(30)31/h1-5,16H,6-15H2,(H,30,31)(H2,23,24,32). The van der Waals surface area contributed by atoms with Gasteiger partial charge in [-0.1, -0.05) is 30.3 Å². The third-order valence-electron chi connectivity index (χ3n) is 5.84. The summed E-state index contributed by atoms with van der Waals surface area (Å²) in [6, 6.07) is 9.30. The Labute approximate surface area is 191 Å². The van der Waals surface area contributed by atoms with Gasteiger partial charge < -0.3 is 30.3 Å². The summed E-state index contributed by atoms with van der Waals surface area (Å²) < 4.78 is 5.13. The summed E-state index contributed by atoms with van der Waals surface area (Å²) in [5.74, 6) is -1.25. The highest BCUT2D eigenvalue weighted by atomic mass is 16.5. The van der Waals surface area contributed by atoms with E-state index in [4.69, 9.17) is 15.6 Å². The number of nitrogens with two attached hydrogens (primary N) is 1. The van der Waals surface area contributed by atoms with E-state index in [0.29, 0.717) is 25.6 Å². The van der Waals surface area contributed by atoms with E-state index in [1.54, 1.807) is 0 Å². The van der Waals surface area contributed by atoms with Crippen molar-refractivity contribution in [2.24, 2.45) is 16.6 Å². The number of hydrogen-bond acceptors (Lipinski definition) is 5. The van der Waals surface area contributed by atoms with E-state index in [0.717, 1.165) is 29.7 Å². The van der Waals surface area contributed by atoms with Crippen LogP contribution in [0.2, 0.25) is 0 Å². The molecule has 0 atom stereocenters. The maximum absolute atomic E-state index is 12.2. The number of guanidine groups is 1. The SMILES string of the molecule is NC(=NC(=O)OCc1ccccc1)N1CCC(CCN2CC(=O)N(CC(=O)O)CC2=O)CC1. The van der Waals surface area contributed by atoms with Crippen molar-refractivity contribution in [3.05, 3.63) is 35.9 Å². The maximum Gasteiger partial charge on any atom is 0.437 e. The number of aliphatic imine (C=N–C) groups is 1. The Balaban J connectivity index is 1.38. The van der Waals surface area contributed by atoms with Crippen LogP contribution in [0.5, 0.6) is 0 Å². The molecule has 0 spiro atoms. The maximum atomic E-state index is 12.2. The highest BCUT2D eigenvalue weighted by Gasteiger charge is 2.31. The topological polar surface area (TPSA) is 146 Å². The first-order valence-electron chi connectivity index (χ1n) is 10.9. The van der Waals surface area contributed by atoms with Gasteiger partial charge in [-0.05, 0) is 30.7 Å². The van der Waals surface area contributed by atoms with Crippen LogP contribution >= 0.6 is 0 Å². The zero-order valence-electron chi connectivity index (χ0n) is 18.4. The molecular formula is C22H29N5O6. The molecule has 0 saturated carbocycles. The van der Waals surface area contributed by atoms with Gasteiger partial charge in [-0.2, -0.15) is 0 Å². The molecule has 1 aromatic rings. The normalized spacial score (nSPS) is 17.9. The summed E-state index contributed by atoms with van der Waals surface area (Å²) in [6.07, 6.45) is 1.64. The molecule has 3 N–H and O–H groups in total. The number of aliphatic carboxylic acids is 1. The average Bonchev–Trinajstić information content (AvgIpc) is 2.79. The summed E-state index contributed by atoms with van der Waals surface area (Å²) in [6.45, 7) is 1.10. The molecule has 3 amide bonds. The van der Waals surface area contributed by atoms with Crippen molar-refractivity contribution in [2.75, 3.05) is 39.3 Å². The van der Waals surface area contributed by atoms with Gasteiger partial charge in [0.05, 0.1) is 6.54 Å². The zero-order valence-corrected chi connectivity index (χ0v) is 18.4. The molecular weight excluding hydrogens is 430 g/mol. The molecule has 2 aliphatic heterocycles. The highest BCUT2D eigenvalue weighted by Crippen LogP contribution is 2.21. The van der Waals surface area contributed by atoms with Gasteiger partial charge in [0.1, 0.15) is 19.7 Å². The van der Waals surface area contributed by atoms with Crippen LogP contribution in [-0.2, 0) is 25.7 Å². The number of carbonyl (C=O) groups is 4. The van der Waals surface area contributed by atoms with E-state index < -0.39 is 18.6 Å². The molecule has 0 bridgehead atoms. The number of ether oxygens (including phenoxy) is 1. The van der Waals surface area contributed by atoms with Crippen molar-refractivity contribution in [3.8, 4) is 0 Å². The number of piperidine rings is 1. The summed E-state index contributed by atoms with van der Waals surface area (Å²) in [5, 5.41) is 8.83. The van der Waals surface area contributed by atoms with Gasteiger partial charge in [0, 0.05) is 19.6 Å². The van der Waals surface area contributed by atoms with Crippen LogP contribution in [0.25, 0.3) is 0 Å². The Morgan fingerprint density at radius 1 is 1.06 bits per heavy atom. The van der Waals surface area contributed by atoms with Gasteiger partial charge in [-0.25, -0.2) is 4.79 Å². The molecule has 11 nitrogen and oxygen atoms in total. The van der Waals surface area contributed by atoms with E-state index in [2.05, 4.69) is 4.99 Å². The fourth-order valence-corrected chi connectivity index (χ4v) is 3.92. The van der Waals surface area contributed by atoms with Gasteiger partial charge in [0.25, 0.3) is 0 Å². The molecule has 0 aromatic heterocycles. The third-order valence-corrected chi connectivity index (χ3v) is 5.84. The smallest absolute Gasteiger partial charge is 0.437 e. The van der Waals surface area contributed by atoms with E-state index in [1.165, 1.54) is 4.90 Å². The molecule has 0 unspecified atom stereocenters. The number of carboxylic acids is 1. The predicted molar refractivity (Wildman–Crippen MR) is 118 cm³/mol. The number of likely N-dealkylation sites (tertiary alicyclic amines) is 1. The van der Waals surface area contributed by atoms with Crippen LogP contribution < -0.4 is 5.73 Å². The first-order chi connectivity index (χ1) is 15.8. The molecule has 11 heteroatoms. The zero-order chi connectivity index (χ0) is 23.8. The molecule has 2 saturated heterocycles. The van der Waals surface area contributed by atoms with E-state index in [9.17, 15) is 19.2 Å². The minimum Gasteiger partial charge on any atom is -0.480 e. The van der Waals surface area contributed by atoms with Gasteiger partial charge in [0.2, 0.25) is 17.8 Å². The molecule has 178 valence electrons. The number of carboxylic acid groups (broad SMARTS) is 1. The van der Waals surface area contributed by atoms with Crippen molar-refractivity contribution < 1.29 is 29.0 Å². The molecule has 0 aliphatic carbocycles. The van der Waals surface area contributed by atoms with Gasteiger partial charge in [0.15, 0.2) is 0 Å². The Bertz CT molecular complexity index is 898. The molecule has 2 aliphatic rings. The van der Waals surface area contributed by atoms with E-state index in [1.807, 2.05) is 35.2 Å². The second kappa shape index (κ2) is 11.3. The predicted octanol–water partition coefficient (Wildman–Crippen LogP) is 0.495. The molecule has 33 heavy (non-hydrogen) atoms. The fraction of sp³-hybridized carbons (Fsp3) is 0.500. The quantitative estimate of drug-likeness (QED) is 0.443.